The number of benzene rings is 1. The minimum absolute atomic E-state index is 0.369. The van der Waals surface area contributed by atoms with E-state index in [9.17, 15) is 4.79 Å². The van der Waals surface area contributed by atoms with E-state index in [1.165, 1.54) is 16.7 Å². The number of hydrogen-bond donors (Lipinski definition) is 0. The molecule has 2 rings (SSSR count). The van der Waals surface area contributed by atoms with Gasteiger partial charge >= 0.3 is 0 Å². The van der Waals surface area contributed by atoms with Gasteiger partial charge in [-0.1, -0.05) is 54.1 Å². The predicted molar refractivity (Wildman–Crippen MR) is 84.6 cm³/mol. The summed E-state index contributed by atoms with van der Waals surface area (Å²) >= 11 is 0. The summed E-state index contributed by atoms with van der Waals surface area (Å²) in [5.41, 5.74) is 3.86. The third kappa shape index (κ3) is 4.48. The maximum atomic E-state index is 12.0. The zero-order valence-corrected chi connectivity index (χ0v) is 12.4. The summed E-state index contributed by atoms with van der Waals surface area (Å²) in [6.45, 7) is 6.14. The number of carbonyl (C=O) groups is 1. The van der Waals surface area contributed by atoms with Crippen LogP contribution in [-0.2, 0) is 11.2 Å². The molecule has 0 N–H and O–H groups in total. The number of ketones is 1. The maximum Gasteiger partial charge on any atom is 0.137 e. The Labute approximate surface area is 122 Å². The molecule has 1 nitrogen and oxygen atoms in total. The molecule has 20 heavy (non-hydrogen) atoms. The Morgan fingerprint density at radius 1 is 1.30 bits per heavy atom. The number of rotatable bonds is 6. The third-order valence-corrected chi connectivity index (χ3v) is 4.16. The number of Topliss-reactive ketones (excluding diaryl/α,β-unsaturated/α-hetero) is 1. The first-order valence-electron chi connectivity index (χ1n) is 7.54. The highest BCUT2D eigenvalue weighted by Crippen LogP contribution is 2.29. The minimum Gasteiger partial charge on any atom is -0.299 e. The van der Waals surface area contributed by atoms with Gasteiger partial charge in [0, 0.05) is 12.8 Å². The van der Waals surface area contributed by atoms with Crippen molar-refractivity contribution in [1.29, 1.82) is 0 Å². The molecule has 1 aliphatic carbocycles. The van der Waals surface area contributed by atoms with Gasteiger partial charge in [0.1, 0.15) is 5.78 Å². The average Bonchev–Trinajstić information content (AvgIpc) is 2.47. The lowest BCUT2D eigenvalue weighted by Gasteiger charge is -2.21. The van der Waals surface area contributed by atoms with Gasteiger partial charge in [-0.05, 0) is 44.1 Å². The van der Waals surface area contributed by atoms with Gasteiger partial charge in [0.25, 0.3) is 0 Å². The molecule has 0 radical (unpaired) electrons. The van der Waals surface area contributed by atoms with Crippen molar-refractivity contribution in [2.75, 3.05) is 0 Å². The smallest absolute Gasteiger partial charge is 0.137 e. The van der Waals surface area contributed by atoms with Crippen molar-refractivity contribution >= 4 is 5.78 Å². The first-order chi connectivity index (χ1) is 9.65. The molecule has 1 aromatic rings. The Hall–Kier alpha value is -1.63. The quantitative estimate of drug-likeness (QED) is 0.672. The largest absolute Gasteiger partial charge is 0.299 e. The van der Waals surface area contributed by atoms with Crippen LogP contribution in [0.4, 0.5) is 0 Å². The monoisotopic (exact) mass is 268 g/mol. The summed E-state index contributed by atoms with van der Waals surface area (Å²) in [5.74, 6) is 0.993. The van der Waals surface area contributed by atoms with E-state index in [1.807, 2.05) is 18.2 Å². The minimum atomic E-state index is 0.369. The fraction of sp³-hybridized carbons (Fsp3) is 0.421. The van der Waals surface area contributed by atoms with E-state index in [0.717, 1.165) is 25.7 Å². The van der Waals surface area contributed by atoms with Crippen LogP contribution in [0.25, 0.3) is 0 Å². The van der Waals surface area contributed by atoms with E-state index < -0.39 is 0 Å². The Kier molecular flexibility index (Phi) is 5.34. The fourth-order valence-electron chi connectivity index (χ4n) is 2.77. The van der Waals surface area contributed by atoms with Crippen LogP contribution in [0.5, 0.6) is 0 Å². The van der Waals surface area contributed by atoms with Crippen LogP contribution in [0.3, 0.4) is 0 Å². The molecule has 0 aliphatic heterocycles. The zero-order chi connectivity index (χ0) is 14.4. The fourth-order valence-corrected chi connectivity index (χ4v) is 2.77. The third-order valence-electron chi connectivity index (χ3n) is 4.16. The molecule has 106 valence electrons. The highest BCUT2D eigenvalue weighted by atomic mass is 16.1. The molecule has 0 saturated heterocycles. The number of carbonyl (C=O) groups excluding carboxylic acids is 1. The van der Waals surface area contributed by atoms with Gasteiger partial charge in [0.05, 0.1) is 0 Å². The van der Waals surface area contributed by atoms with Crippen molar-refractivity contribution in [3.05, 3.63) is 59.7 Å². The molecule has 0 fully saturated rings. The first kappa shape index (κ1) is 14.8. The van der Waals surface area contributed by atoms with Crippen molar-refractivity contribution in [2.24, 2.45) is 5.92 Å². The van der Waals surface area contributed by atoms with Crippen LogP contribution in [0, 0.1) is 5.92 Å². The molecule has 0 spiro atoms. The second-order valence-corrected chi connectivity index (χ2v) is 5.88. The molecular formula is C19H24O. The van der Waals surface area contributed by atoms with E-state index in [0.29, 0.717) is 24.5 Å². The van der Waals surface area contributed by atoms with Gasteiger partial charge in [-0.15, -0.1) is 0 Å². The van der Waals surface area contributed by atoms with Crippen LogP contribution in [0.15, 0.2) is 54.1 Å². The zero-order valence-electron chi connectivity index (χ0n) is 12.4. The molecule has 0 saturated carbocycles. The molecule has 0 heterocycles. The standard InChI is InChI=1S/C19H24O/c1-15(2)18-11-8-17(9-12-18)14-19(20)13-10-16-6-4-3-5-7-16/h3-8,18H,1,9-14H2,2H3. The lowest BCUT2D eigenvalue weighted by molar-refractivity contribution is -0.118. The van der Waals surface area contributed by atoms with Crippen molar-refractivity contribution in [3.63, 3.8) is 0 Å². The highest BCUT2D eigenvalue weighted by molar-refractivity contribution is 5.81. The second-order valence-electron chi connectivity index (χ2n) is 5.88. The van der Waals surface area contributed by atoms with E-state index >= 15 is 0 Å². The summed E-state index contributed by atoms with van der Waals surface area (Å²) in [6.07, 6.45) is 7.73. The average molecular weight is 268 g/mol. The highest BCUT2D eigenvalue weighted by Gasteiger charge is 2.16. The van der Waals surface area contributed by atoms with E-state index in [4.69, 9.17) is 0 Å². The Morgan fingerprint density at radius 2 is 2.05 bits per heavy atom. The Morgan fingerprint density at radius 3 is 2.65 bits per heavy atom. The molecule has 0 bridgehead atoms. The normalized spacial score (nSPS) is 18.4. The Bertz CT molecular complexity index is 496. The predicted octanol–water partition coefficient (Wildman–Crippen LogP) is 4.88. The van der Waals surface area contributed by atoms with Crippen molar-refractivity contribution in [2.45, 2.75) is 45.4 Å². The molecule has 1 unspecified atom stereocenters. The molecular weight excluding hydrogens is 244 g/mol. The number of allylic oxidation sites excluding steroid dienone is 3. The van der Waals surface area contributed by atoms with Crippen molar-refractivity contribution < 1.29 is 4.79 Å². The van der Waals surface area contributed by atoms with Crippen molar-refractivity contribution in [3.8, 4) is 0 Å². The van der Waals surface area contributed by atoms with E-state index in [1.54, 1.807) is 0 Å². The summed E-state index contributed by atoms with van der Waals surface area (Å²) in [5, 5.41) is 0. The summed E-state index contributed by atoms with van der Waals surface area (Å²) in [7, 11) is 0. The molecule has 1 heteroatoms. The van der Waals surface area contributed by atoms with Crippen LogP contribution >= 0.6 is 0 Å². The lowest BCUT2D eigenvalue weighted by Crippen LogP contribution is -2.09. The van der Waals surface area contributed by atoms with Gasteiger partial charge in [-0.2, -0.15) is 0 Å². The molecule has 1 aromatic carbocycles. The van der Waals surface area contributed by atoms with Crippen molar-refractivity contribution in [1.82, 2.24) is 0 Å². The SMILES string of the molecule is C=C(C)C1CC=C(CC(=O)CCc2ccccc2)CC1. The van der Waals surface area contributed by atoms with Gasteiger partial charge in [-0.25, -0.2) is 0 Å². The molecule has 0 aromatic heterocycles. The molecule has 1 atom stereocenters. The second kappa shape index (κ2) is 7.23. The molecule has 0 amide bonds. The van der Waals surface area contributed by atoms with Crippen LogP contribution in [0.1, 0.15) is 44.6 Å². The summed E-state index contributed by atoms with van der Waals surface area (Å²) in [6, 6.07) is 10.2. The van der Waals surface area contributed by atoms with Gasteiger partial charge < -0.3 is 0 Å². The van der Waals surface area contributed by atoms with E-state index in [-0.39, 0.29) is 0 Å². The van der Waals surface area contributed by atoms with Crippen LogP contribution in [0.2, 0.25) is 0 Å². The first-order valence-corrected chi connectivity index (χ1v) is 7.54. The molecule has 1 aliphatic rings. The summed E-state index contributed by atoms with van der Waals surface area (Å²) in [4.78, 5) is 12.0. The number of hydrogen-bond acceptors (Lipinski definition) is 1. The maximum absolute atomic E-state index is 12.0. The topological polar surface area (TPSA) is 17.1 Å². The van der Waals surface area contributed by atoms with E-state index in [2.05, 4.69) is 31.7 Å². The Balaban J connectivity index is 1.77. The van der Waals surface area contributed by atoms with Gasteiger partial charge in [0.2, 0.25) is 0 Å². The lowest BCUT2D eigenvalue weighted by atomic mass is 9.84. The number of aryl methyl sites for hydroxylation is 1. The van der Waals surface area contributed by atoms with Crippen LogP contribution in [-0.4, -0.2) is 5.78 Å². The summed E-state index contributed by atoms with van der Waals surface area (Å²) < 4.78 is 0. The van der Waals surface area contributed by atoms with Gasteiger partial charge in [0.15, 0.2) is 0 Å². The van der Waals surface area contributed by atoms with Gasteiger partial charge in [-0.3, -0.25) is 4.79 Å². The van der Waals surface area contributed by atoms with Crippen LogP contribution < -0.4 is 0 Å².